The van der Waals surface area contributed by atoms with Gasteiger partial charge in [0.15, 0.2) is 0 Å². The van der Waals surface area contributed by atoms with Crippen LogP contribution in [-0.4, -0.2) is 16.6 Å². The van der Waals surface area contributed by atoms with Crippen molar-refractivity contribution in [2.24, 2.45) is 53.3 Å². The Bertz CT molecular complexity index is 2570. The summed E-state index contributed by atoms with van der Waals surface area (Å²) in [7, 11) is 0. The predicted molar refractivity (Wildman–Crippen MR) is 288 cm³/mol. The third kappa shape index (κ3) is 10.4. The van der Waals surface area contributed by atoms with Gasteiger partial charge in [0.2, 0.25) is 0 Å². The number of furan rings is 3. The van der Waals surface area contributed by atoms with Crippen molar-refractivity contribution in [1.29, 1.82) is 0 Å². The highest BCUT2D eigenvalue weighted by Gasteiger charge is 2.53. The molecular weight excluding hydrogens is 894 g/mol. The van der Waals surface area contributed by atoms with Gasteiger partial charge in [0.25, 0.3) is 0 Å². The largest absolute Gasteiger partial charge is 0.464 e. The summed E-state index contributed by atoms with van der Waals surface area (Å²) in [6.45, 7) is 4.99. The molecule has 0 amide bonds. The number of nitrogens with one attached hydrogen (secondary N) is 3. The molecule has 6 aromatic rings. The maximum atomic E-state index is 5.72. The fourth-order valence-corrected chi connectivity index (χ4v) is 17.7. The Balaban J connectivity index is 0.000000109. The molecule has 0 radical (unpaired) electrons. The summed E-state index contributed by atoms with van der Waals surface area (Å²) in [6, 6.07) is 38.5. The van der Waals surface area contributed by atoms with Crippen LogP contribution < -0.4 is 16.0 Å². The van der Waals surface area contributed by atoms with E-state index in [0.29, 0.717) is 16.6 Å². The number of halogens is 1. The molecule has 6 nitrogen and oxygen atoms in total. The second kappa shape index (κ2) is 19.8. The minimum absolute atomic E-state index is 0. The lowest BCUT2D eigenvalue weighted by molar-refractivity contribution is -0.0207. The first-order valence-electron chi connectivity index (χ1n) is 27.9. The smallest absolute Gasteiger partial charge is 0.134 e. The van der Waals surface area contributed by atoms with E-state index in [9.17, 15) is 0 Å². The summed E-state index contributed by atoms with van der Waals surface area (Å²) >= 11 is 0. The van der Waals surface area contributed by atoms with Gasteiger partial charge < -0.3 is 29.2 Å². The van der Waals surface area contributed by atoms with Crippen molar-refractivity contribution in [2.45, 2.75) is 159 Å². The highest BCUT2D eigenvalue weighted by molar-refractivity contribution is 5.85. The van der Waals surface area contributed by atoms with Gasteiger partial charge in [-0.05, 0) is 235 Å². The molecule has 3 aromatic carbocycles. The molecule has 0 spiro atoms. The van der Waals surface area contributed by atoms with Crippen LogP contribution in [0.1, 0.15) is 138 Å². The SMILES string of the molecule is Cc1ccc(-c2ccc(CNC34CC5CC(CC(C5)C3)C4)cc2)o1.Cl.c1cc(CNC23CC4CC(CC(C4)C2)C3)cc(-c2ccco2)c1.c1coc(-c2ccc(CNC34CC5CC(CC(C5)C3)C4)cc2)c1. The van der Waals surface area contributed by atoms with Gasteiger partial charge in [0, 0.05) is 52.9 Å². The Morgan fingerprint density at radius 3 is 1.10 bits per heavy atom. The van der Waals surface area contributed by atoms with Crippen LogP contribution in [0.5, 0.6) is 0 Å². The van der Waals surface area contributed by atoms with Crippen LogP contribution in [0.15, 0.2) is 135 Å². The first-order valence-corrected chi connectivity index (χ1v) is 27.9. The fourth-order valence-electron chi connectivity index (χ4n) is 17.7. The average molecular weight is 973 g/mol. The molecule has 71 heavy (non-hydrogen) atoms. The molecule has 0 atom stereocenters. The van der Waals surface area contributed by atoms with Gasteiger partial charge in [-0.15, -0.1) is 12.4 Å². The van der Waals surface area contributed by atoms with E-state index in [1.165, 1.54) is 143 Å². The number of aryl methyl sites for hydroxylation is 1. The van der Waals surface area contributed by atoms with E-state index in [1.807, 2.05) is 37.3 Å². The minimum Gasteiger partial charge on any atom is -0.464 e. The maximum absolute atomic E-state index is 5.72. The predicted octanol–water partition coefficient (Wildman–Crippen LogP) is 15.7. The molecule has 12 aliphatic carbocycles. The molecule has 7 heteroatoms. The highest BCUT2D eigenvalue weighted by atomic mass is 35.5. The fraction of sp³-hybridized carbons (Fsp3) is 0.531. The van der Waals surface area contributed by atoms with Gasteiger partial charge >= 0.3 is 0 Å². The monoisotopic (exact) mass is 972 g/mol. The van der Waals surface area contributed by atoms with Crippen molar-refractivity contribution in [2.75, 3.05) is 0 Å². The number of hydrogen-bond acceptors (Lipinski definition) is 6. The van der Waals surface area contributed by atoms with Crippen molar-refractivity contribution >= 4 is 12.4 Å². The second-order valence-electron chi connectivity index (χ2n) is 25.1. The van der Waals surface area contributed by atoms with Crippen molar-refractivity contribution < 1.29 is 13.3 Å². The van der Waals surface area contributed by atoms with Crippen LogP contribution in [0.25, 0.3) is 34.0 Å². The number of hydrogen-bond donors (Lipinski definition) is 3. The zero-order valence-electron chi connectivity index (χ0n) is 42.2. The lowest BCUT2D eigenvalue weighted by atomic mass is 9.53. The van der Waals surface area contributed by atoms with Crippen LogP contribution in [0.4, 0.5) is 0 Å². The summed E-state index contributed by atoms with van der Waals surface area (Å²) in [4.78, 5) is 0. The van der Waals surface area contributed by atoms with Crippen LogP contribution in [0, 0.1) is 60.2 Å². The van der Waals surface area contributed by atoms with E-state index in [2.05, 4.69) is 94.8 Å². The van der Waals surface area contributed by atoms with E-state index in [1.54, 1.807) is 12.5 Å². The Labute approximate surface area is 429 Å². The van der Waals surface area contributed by atoms with Gasteiger partial charge in [-0.2, -0.15) is 0 Å². The number of rotatable bonds is 12. The summed E-state index contributed by atoms with van der Waals surface area (Å²) in [5.74, 6) is 12.9. The topological polar surface area (TPSA) is 75.5 Å². The van der Waals surface area contributed by atoms with Crippen LogP contribution >= 0.6 is 12.4 Å². The first-order chi connectivity index (χ1) is 34.2. The molecule has 3 heterocycles. The molecule has 18 rings (SSSR count). The number of benzene rings is 3. The molecule has 12 aliphatic rings. The van der Waals surface area contributed by atoms with Gasteiger partial charge in [-0.3, -0.25) is 0 Å². The van der Waals surface area contributed by atoms with E-state index < -0.39 is 0 Å². The van der Waals surface area contributed by atoms with Crippen molar-refractivity contribution in [3.05, 3.63) is 144 Å². The molecule has 12 saturated carbocycles. The molecule has 0 aliphatic heterocycles. The van der Waals surface area contributed by atoms with E-state index in [-0.39, 0.29) is 12.4 Å². The summed E-state index contributed by atoms with van der Waals surface area (Å²) in [5.41, 5.74) is 8.99. The van der Waals surface area contributed by atoms with Crippen molar-refractivity contribution in [3.8, 4) is 34.0 Å². The Morgan fingerprint density at radius 1 is 0.380 bits per heavy atom. The third-order valence-electron chi connectivity index (χ3n) is 19.6. The van der Waals surface area contributed by atoms with Gasteiger partial charge in [-0.25, -0.2) is 0 Å². The quantitative estimate of drug-likeness (QED) is 0.113. The summed E-state index contributed by atoms with van der Waals surface area (Å²) in [6.07, 6.45) is 29.8. The summed E-state index contributed by atoms with van der Waals surface area (Å²) < 4.78 is 16.7. The van der Waals surface area contributed by atoms with Gasteiger partial charge in [0.05, 0.1) is 12.5 Å². The maximum Gasteiger partial charge on any atom is 0.134 e. The van der Waals surface area contributed by atoms with Gasteiger partial charge in [0.1, 0.15) is 23.0 Å². The van der Waals surface area contributed by atoms with E-state index in [0.717, 1.165) is 101 Å². The third-order valence-corrected chi connectivity index (χ3v) is 19.6. The van der Waals surface area contributed by atoms with Crippen molar-refractivity contribution in [3.63, 3.8) is 0 Å². The Hall–Kier alpha value is -4.33. The second-order valence-corrected chi connectivity index (χ2v) is 25.1. The summed E-state index contributed by atoms with van der Waals surface area (Å²) in [5, 5.41) is 11.9. The van der Waals surface area contributed by atoms with Crippen LogP contribution in [-0.2, 0) is 19.6 Å². The molecule has 3 N–H and O–H groups in total. The Kier molecular flexibility index (Phi) is 13.3. The zero-order valence-corrected chi connectivity index (χ0v) is 43.0. The van der Waals surface area contributed by atoms with Crippen LogP contribution in [0.3, 0.4) is 0 Å². The zero-order chi connectivity index (χ0) is 46.7. The molecule has 12 bridgehead atoms. The van der Waals surface area contributed by atoms with Crippen LogP contribution in [0.2, 0.25) is 0 Å². The molecule has 374 valence electrons. The molecule has 0 unspecified atom stereocenters. The molecule has 0 saturated heterocycles. The van der Waals surface area contributed by atoms with Crippen molar-refractivity contribution in [1.82, 2.24) is 16.0 Å². The first kappa shape index (κ1) is 47.7. The average Bonchev–Trinajstić information content (AvgIpc) is 4.18. The van der Waals surface area contributed by atoms with Gasteiger partial charge in [-0.1, -0.05) is 66.7 Å². The van der Waals surface area contributed by atoms with E-state index >= 15 is 0 Å². The minimum atomic E-state index is 0. The lowest BCUT2D eigenvalue weighted by Gasteiger charge is -2.57. The molecule has 3 aromatic heterocycles. The lowest BCUT2D eigenvalue weighted by Crippen LogP contribution is -2.58. The normalized spacial score (nSPS) is 34.1. The standard InChI is InChI=1S/C22H27NO.2C21H25NO.ClH/c1-15-2-7-21(24-15)20-5-3-16(4-6-20)14-23-22-11-17-8-18(12-22)10-19(9-17)13-22;1-3-15(10-19(4-1)20-5-2-6-23-20)14-22-21-11-16-7-17(12-21)9-18(8-16)13-21;1-2-20(23-7-1)19-5-3-15(4-6-19)14-22-21-11-16-8-17(12-21)10-18(9-16)13-21;/h2-7,17-19,23H,8-14H2,1H3;1-6,10,16-18,22H,7-9,11-14H2;1-7,16-18,22H,8-14H2;1H. The molecular formula is C64H78ClN3O3. The Morgan fingerprint density at radius 2 is 0.746 bits per heavy atom. The van der Waals surface area contributed by atoms with E-state index in [4.69, 9.17) is 13.3 Å². The molecule has 12 fully saturated rings. The highest BCUT2D eigenvalue weighted by Crippen LogP contribution is 2.58.